The van der Waals surface area contributed by atoms with E-state index in [9.17, 15) is 4.79 Å². The molecule has 128 valence electrons. The van der Waals surface area contributed by atoms with Crippen LogP contribution in [0.4, 0.5) is 0 Å². The molecule has 0 atom stereocenters. The topological polar surface area (TPSA) is 41.1 Å². The number of amides is 1. The number of hydrogen-bond acceptors (Lipinski definition) is 2. The first-order valence-corrected chi connectivity index (χ1v) is 8.84. The summed E-state index contributed by atoms with van der Waals surface area (Å²) in [6, 6.07) is 13.1. The van der Waals surface area contributed by atoms with Gasteiger partial charge in [0, 0.05) is 21.6 Å². The van der Waals surface area contributed by atoms with Crippen LogP contribution in [-0.4, -0.2) is 25.5 Å². The number of hydrogen-bond donors (Lipinski definition) is 2. The van der Waals surface area contributed by atoms with E-state index in [1.54, 1.807) is 12.1 Å². The summed E-state index contributed by atoms with van der Waals surface area (Å²) in [6.07, 6.45) is 1.53. The van der Waals surface area contributed by atoms with Crippen LogP contribution in [0.3, 0.4) is 0 Å². The lowest BCUT2D eigenvalue weighted by Crippen LogP contribution is -2.35. The van der Waals surface area contributed by atoms with Crippen LogP contribution in [0.15, 0.2) is 42.5 Å². The fourth-order valence-electron chi connectivity index (χ4n) is 2.21. The van der Waals surface area contributed by atoms with Gasteiger partial charge in [0.2, 0.25) is 5.91 Å². The first-order valence-electron chi connectivity index (χ1n) is 7.70. The Morgan fingerprint density at radius 3 is 2.29 bits per heavy atom. The second kappa shape index (κ2) is 9.90. The summed E-state index contributed by atoms with van der Waals surface area (Å²) in [5.41, 5.74) is 2.15. The highest BCUT2D eigenvalue weighted by atomic mass is 35.5. The van der Waals surface area contributed by atoms with Crippen LogP contribution in [0.2, 0.25) is 15.1 Å². The third-order valence-corrected chi connectivity index (χ3v) is 4.36. The monoisotopic (exact) mass is 384 g/mol. The molecule has 2 aromatic carbocycles. The summed E-state index contributed by atoms with van der Waals surface area (Å²) in [5.74, 6) is -0.0313. The SMILES string of the molecule is O=C(CNCCc1ccc(Cl)cc1)NCCc1ccc(Cl)cc1Cl. The average Bonchev–Trinajstić information content (AvgIpc) is 2.55. The highest BCUT2D eigenvalue weighted by molar-refractivity contribution is 6.35. The van der Waals surface area contributed by atoms with E-state index in [1.165, 1.54) is 5.56 Å². The molecule has 0 aromatic heterocycles. The predicted octanol–water partition coefficient (Wildman–Crippen LogP) is 4.14. The third kappa shape index (κ3) is 6.70. The molecular formula is C18H19Cl3N2O. The van der Waals surface area contributed by atoms with Crippen LogP contribution < -0.4 is 10.6 Å². The average molecular weight is 386 g/mol. The van der Waals surface area contributed by atoms with Crippen LogP contribution in [0, 0.1) is 0 Å². The molecule has 0 bridgehead atoms. The van der Waals surface area contributed by atoms with Gasteiger partial charge in [0.25, 0.3) is 0 Å². The number of carbonyl (C=O) groups excluding carboxylic acids is 1. The molecule has 0 saturated heterocycles. The lowest BCUT2D eigenvalue weighted by molar-refractivity contribution is -0.120. The molecule has 24 heavy (non-hydrogen) atoms. The Morgan fingerprint density at radius 2 is 1.58 bits per heavy atom. The third-order valence-electron chi connectivity index (χ3n) is 3.52. The zero-order chi connectivity index (χ0) is 17.4. The van der Waals surface area contributed by atoms with Crippen molar-refractivity contribution >= 4 is 40.7 Å². The van der Waals surface area contributed by atoms with Crippen molar-refractivity contribution in [3.63, 3.8) is 0 Å². The van der Waals surface area contributed by atoms with Gasteiger partial charge in [-0.1, -0.05) is 53.0 Å². The number of benzene rings is 2. The molecule has 0 aliphatic carbocycles. The molecule has 0 aliphatic rings. The van der Waals surface area contributed by atoms with Crippen LogP contribution >= 0.6 is 34.8 Å². The molecule has 2 rings (SSSR count). The van der Waals surface area contributed by atoms with Crippen molar-refractivity contribution in [2.45, 2.75) is 12.8 Å². The van der Waals surface area contributed by atoms with Gasteiger partial charge in [-0.15, -0.1) is 0 Å². The minimum absolute atomic E-state index is 0.0313. The van der Waals surface area contributed by atoms with Gasteiger partial charge in [0.1, 0.15) is 0 Å². The van der Waals surface area contributed by atoms with Gasteiger partial charge >= 0.3 is 0 Å². The van der Waals surface area contributed by atoms with Crippen molar-refractivity contribution in [3.05, 3.63) is 68.7 Å². The summed E-state index contributed by atoms with van der Waals surface area (Å²) in [7, 11) is 0. The van der Waals surface area contributed by atoms with Crippen LogP contribution in [-0.2, 0) is 17.6 Å². The van der Waals surface area contributed by atoms with Gasteiger partial charge in [-0.25, -0.2) is 0 Å². The van der Waals surface area contributed by atoms with E-state index >= 15 is 0 Å². The molecule has 0 aliphatic heterocycles. The first kappa shape index (κ1) is 19.1. The lowest BCUT2D eigenvalue weighted by Gasteiger charge is -2.08. The van der Waals surface area contributed by atoms with Crippen molar-refractivity contribution in [3.8, 4) is 0 Å². The Balaban J connectivity index is 1.60. The quantitative estimate of drug-likeness (QED) is 0.671. The number of rotatable bonds is 8. The molecule has 2 N–H and O–H groups in total. The van der Waals surface area contributed by atoms with Gasteiger partial charge < -0.3 is 10.6 Å². The second-order valence-electron chi connectivity index (χ2n) is 5.39. The molecule has 3 nitrogen and oxygen atoms in total. The van der Waals surface area contributed by atoms with E-state index in [4.69, 9.17) is 34.8 Å². The van der Waals surface area contributed by atoms with Crippen molar-refractivity contribution in [1.29, 1.82) is 0 Å². The lowest BCUT2D eigenvalue weighted by atomic mass is 10.1. The van der Waals surface area contributed by atoms with Gasteiger partial charge in [-0.05, 0) is 54.8 Å². The van der Waals surface area contributed by atoms with E-state index in [-0.39, 0.29) is 5.91 Å². The summed E-state index contributed by atoms with van der Waals surface area (Å²) in [6.45, 7) is 1.57. The Hall–Kier alpha value is -1.26. The normalized spacial score (nSPS) is 10.6. The van der Waals surface area contributed by atoms with Crippen molar-refractivity contribution < 1.29 is 4.79 Å². The van der Waals surface area contributed by atoms with Crippen molar-refractivity contribution in [1.82, 2.24) is 10.6 Å². The molecule has 0 saturated carbocycles. The summed E-state index contributed by atoms with van der Waals surface area (Å²) in [5, 5.41) is 7.96. The fraction of sp³-hybridized carbons (Fsp3) is 0.278. The van der Waals surface area contributed by atoms with Gasteiger partial charge in [-0.2, -0.15) is 0 Å². The second-order valence-corrected chi connectivity index (χ2v) is 6.67. The molecule has 0 radical (unpaired) electrons. The largest absolute Gasteiger partial charge is 0.355 e. The summed E-state index contributed by atoms with van der Waals surface area (Å²) < 4.78 is 0. The molecular weight excluding hydrogens is 367 g/mol. The molecule has 2 aromatic rings. The predicted molar refractivity (Wildman–Crippen MR) is 101 cm³/mol. The van der Waals surface area contributed by atoms with Crippen LogP contribution in [0.5, 0.6) is 0 Å². The van der Waals surface area contributed by atoms with Crippen LogP contribution in [0.25, 0.3) is 0 Å². The number of carbonyl (C=O) groups is 1. The van der Waals surface area contributed by atoms with Crippen molar-refractivity contribution in [2.24, 2.45) is 0 Å². The molecule has 0 spiro atoms. The standard InChI is InChI=1S/C18H19Cl3N2O/c19-15-4-1-13(2-5-15)7-9-22-12-18(24)23-10-8-14-3-6-16(20)11-17(14)21/h1-6,11,22H,7-10,12H2,(H,23,24). The van der Waals surface area contributed by atoms with E-state index in [2.05, 4.69) is 10.6 Å². The smallest absolute Gasteiger partial charge is 0.233 e. The van der Waals surface area contributed by atoms with E-state index in [0.717, 1.165) is 23.6 Å². The minimum atomic E-state index is -0.0313. The Labute approximate surface area is 157 Å². The zero-order valence-electron chi connectivity index (χ0n) is 13.1. The highest BCUT2D eigenvalue weighted by Crippen LogP contribution is 2.21. The maximum Gasteiger partial charge on any atom is 0.233 e. The van der Waals surface area contributed by atoms with Gasteiger partial charge in [0.05, 0.1) is 6.54 Å². The van der Waals surface area contributed by atoms with E-state index < -0.39 is 0 Å². The molecule has 0 heterocycles. The zero-order valence-corrected chi connectivity index (χ0v) is 15.4. The minimum Gasteiger partial charge on any atom is -0.355 e. The maximum atomic E-state index is 11.8. The Kier molecular flexibility index (Phi) is 7.86. The Bertz CT molecular complexity index is 674. The first-order chi connectivity index (χ1) is 11.5. The Morgan fingerprint density at radius 1 is 0.875 bits per heavy atom. The number of halogens is 3. The molecule has 0 fully saturated rings. The van der Waals surface area contributed by atoms with E-state index in [0.29, 0.717) is 29.6 Å². The molecule has 1 amide bonds. The molecule has 6 heteroatoms. The number of nitrogens with one attached hydrogen (secondary N) is 2. The van der Waals surface area contributed by atoms with E-state index in [1.807, 2.05) is 30.3 Å². The summed E-state index contributed by atoms with van der Waals surface area (Å²) >= 11 is 17.8. The summed E-state index contributed by atoms with van der Waals surface area (Å²) in [4.78, 5) is 11.8. The van der Waals surface area contributed by atoms with Crippen LogP contribution in [0.1, 0.15) is 11.1 Å². The fourth-order valence-corrected chi connectivity index (χ4v) is 2.84. The maximum absolute atomic E-state index is 11.8. The molecule has 0 unspecified atom stereocenters. The van der Waals surface area contributed by atoms with Crippen molar-refractivity contribution in [2.75, 3.05) is 19.6 Å². The van der Waals surface area contributed by atoms with Gasteiger partial charge in [-0.3, -0.25) is 4.79 Å². The highest BCUT2D eigenvalue weighted by Gasteiger charge is 2.04. The van der Waals surface area contributed by atoms with Gasteiger partial charge in [0.15, 0.2) is 0 Å².